The number of nitrogens with one attached hydrogen (secondary N) is 1. The Morgan fingerprint density at radius 2 is 1.87 bits per heavy atom. The molecule has 1 aliphatic heterocycles. The number of likely N-dealkylation sites (tertiary alicyclic amines) is 1. The third-order valence-corrected chi connectivity index (χ3v) is 5.17. The first-order chi connectivity index (χ1) is 10.6. The van der Waals surface area contributed by atoms with Crippen LogP contribution < -0.4 is 5.32 Å². The molecule has 1 N–H and O–H groups in total. The highest BCUT2D eigenvalue weighted by atomic mass is 16.6. The van der Waals surface area contributed by atoms with Gasteiger partial charge in [0.15, 0.2) is 0 Å². The molecule has 0 radical (unpaired) electrons. The lowest BCUT2D eigenvalue weighted by Crippen LogP contribution is -2.45. The minimum absolute atomic E-state index is 0.155. The summed E-state index contributed by atoms with van der Waals surface area (Å²) < 4.78 is 5.46. The van der Waals surface area contributed by atoms with Crippen molar-refractivity contribution in [1.29, 1.82) is 0 Å². The summed E-state index contributed by atoms with van der Waals surface area (Å²) in [7, 11) is 0. The second-order valence-electron chi connectivity index (χ2n) is 9.28. The number of carbonyl (C=O) groups excluding carboxylic acids is 1. The van der Waals surface area contributed by atoms with Crippen LogP contribution in [0, 0.1) is 11.3 Å². The van der Waals surface area contributed by atoms with Gasteiger partial charge in [-0.2, -0.15) is 0 Å². The molecule has 0 aromatic rings. The van der Waals surface area contributed by atoms with Gasteiger partial charge in [0.1, 0.15) is 5.60 Å². The molecule has 4 nitrogen and oxygen atoms in total. The molecule has 2 fully saturated rings. The lowest BCUT2D eigenvalue weighted by atomic mass is 9.75. The number of piperidine rings is 1. The minimum atomic E-state index is -0.400. The highest BCUT2D eigenvalue weighted by Crippen LogP contribution is 2.35. The van der Waals surface area contributed by atoms with Crippen molar-refractivity contribution < 1.29 is 9.53 Å². The van der Waals surface area contributed by atoms with Crippen molar-refractivity contribution >= 4 is 6.09 Å². The molecule has 1 amide bonds. The van der Waals surface area contributed by atoms with E-state index in [-0.39, 0.29) is 6.09 Å². The van der Waals surface area contributed by atoms with E-state index in [2.05, 4.69) is 19.2 Å². The van der Waals surface area contributed by atoms with Gasteiger partial charge in [0.05, 0.1) is 0 Å². The Hall–Kier alpha value is -0.770. The zero-order valence-electron chi connectivity index (χ0n) is 15.8. The number of amides is 1. The molecular formula is C19H36N2O2. The molecule has 0 aromatic heterocycles. The van der Waals surface area contributed by atoms with E-state index < -0.39 is 5.60 Å². The van der Waals surface area contributed by atoms with Crippen LogP contribution in [0.3, 0.4) is 0 Å². The molecule has 1 heterocycles. The van der Waals surface area contributed by atoms with Crippen molar-refractivity contribution in [1.82, 2.24) is 10.2 Å². The number of hydrogen-bond acceptors (Lipinski definition) is 3. The van der Waals surface area contributed by atoms with Gasteiger partial charge in [0, 0.05) is 19.1 Å². The van der Waals surface area contributed by atoms with E-state index in [9.17, 15) is 4.79 Å². The molecule has 1 saturated heterocycles. The van der Waals surface area contributed by atoms with E-state index in [1.165, 1.54) is 25.7 Å². The topological polar surface area (TPSA) is 41.6 Å². The van der Waals surface area contributed by atoms with Gasteiger partial charge in [-0.1, -0.05) is 20.3 Å². The summed E-state index contributed by atoms with van der Waals surface area (Å²) in [6, 6.07) is 0.683. The quantitative estimate of drug-likeness (QED) is 0.846. The maximum atomic E-state index is 12.1. The molecule has 23 heavy (non-hydrogen) atoms. The molecule has 1 aliphatic carbocycles. The molecule has 2 rings (SSSR count). The highest BCUT2D eigenvalue weighted by molar-refractivity contribution is 5.68. The lowest BCUT2D eigenvalue weighted by Gasteiger charge is -2.37. The molecule has 0 aromatic carbocycles. The number of hydrogen-bond donors (Lipinski definition) is 1. The van der Waals surface area contributed by atoms with Crippen molar-refractivity contribution in [3.63, 3.8) is 0 Å². The van der Waals surface area contributed by atoms with Gasteiger partial charge in [0.25, 0.3) is 0 Å². The predicted molar refractivity (Wildman–Crippen MR) is 94.6 cm³/mol. The lowest BCUT2D eigenvalue weighted by molar-refractivity contribution is 0.0182. The summed E-state index contributed by atoms with van der Waals surface area (Å²) in [6.07, 6.45) is 7.34. The van der Waals surface area contributed by atoms with Gasteiger partial charge >= 0.3 is 6.09 Å². The van der Waals surface area contributed by atoms with Crippen LogP contribution in [-0.4, -0.2) is 42.3 Å². The standard InChI is InChI=1S/C19H36N2O2/c1-18(2,3)23-17(22)21-11-8-15(9-12-21)14-20-16-7-6-10-19(4,5)13-16/h15-16,20H,6-14H2,1-5H3. The monoisotopic (exact) mass is 324 g/mol. The third kappa shape index (κ3) is 6.33. The van der Waals surface area contributed by atoms with E-state index in [1.54, 1.807) is 0 Å². The Kier molecular flexibility index (Phi) is 5.99. The second kappa shape index (κ2) is 7.42. The Morgan fingerprint density at radius 1 is 1.22 bits per heavy atom. The summed E-state index contributed by atoms with van der Waals surface area (Å²) >= 11 is 0. The van der Waals surface area contributed by atoms with Crippen molar-refractivity contribution in [2.24, 2.45) is 11.3 Å². The summed E-state index contributed by atoms with van der Waals surface area (Å²) in [4.78, 5) is 14.0. The average Bonchev–Trinajstić information content (AvgIpc) is 2.43. The van der Waals surface area contributed by atoms with Gasteiger partial charge in [-0.3, -0.25) is 0 Å². The first-order valence-electron chi connectivity index (χ1n) is 9.36. The van der Waals surface area contributed by atoms with Gasteiger partial charge < -0.3 is 15.0 Å². The molecule has 2 aliphatic rings. The molecule has 1 unspecified atom stereocenters. The fourth-order valence-corrected chi connectivity index (χ4v) is 3.85. The summed E-state index contributed by atoms with van der Waals surface area (Å²) in [5, 5.41) is 3.79. The maximum Gasteiger partial charge on any atom is 0.410 e. The number of rotatable bonds is 3. The average molecular weight is 325 g/mol. The Balaban J connectivity index is 1.68. The molecule has 1 saturated carbocycles. The van der Waals surface area contributed by atoms with E-state index in [0.29, 0.717) is 17.4 Å². The number of carbonyl (C=O) groups is 1. The van der Waals surface area contributed by atoms with Crippen LogP contribution in [0.4, 0.5) is 4.79 Å². The van der Waals surface area contributed by atoms with Crippen LogP contribution in [0.25, 0.3) is 0 Å². The Labute approximate surface area is 142 Å². The van der Waals surface area contributed by atoms with Gasteiger partial charge in [-0.05, 0) is 70.8 Å². The van der Waals surface area contributed by atoms with Crippen molar-refractivity contribution in [2.45, 2.75) is 84.8 Å². The Morgan fingerprint density at radius 3 is 2.43 bits per heavy atom. The van der Waals surface area contributed by atoms with Crippen LogP contribution in [0.15, 0.2) is 0 Å². The van der Waals surface area contributed by atoms with Gasteiger partial charge in [-0.15, -0.1) is 0 Å². The highest BCUT2D eigenvalue weighted by Gasteiger charge is 2.30. The zero-order valence-corrected chi connectivity index (χ0v) is 15.8. The van der Waals surface area contributed by atoms with Crippen LogP contribution in [0.1, 0.15) is 73.1 Å². The summed E-state index contributed by atoms with van der Waals surface area (Å²) in [6.45, 7) is 13.3. The molecule has 0 bridgehead atoms. The van der Waals surface area contributed by atoms with Crippen molar-refractivity contribution in [2.75, 3.05) is 19.6 Å². The van der Waals surface area contributed by atoms with Gasteiger partial charge in [0.2, 0.25) is 0 Å². The molecule has 0 spiro atoms. The van der Waals surface area contributed by atoms with E-state index in [4.69, 9.17) is 4.74 Å². The van der Waals surface area contributed by atoms with Crippen molar-refractivity contribution in [3.05, 3.63) is 0 Å². The zero-order chi connectivity index (χ0) is 17.1. The van der Waals surface area contributed by atoms with E-state index in [1.807, 2.05) is 25.7 Å². The molecular weight excluding hydrogens is 288 g/mol. The fourth-order valence-electron chi connectivity index (χ4n) is 3.85. The Bertz CT molecular complexity index is 393. The van der Waals surface area contributed by atoms with E-state index in [0.717, 1.165) is 32.5 Å². The first kappa shape index (κ1) is 18.6. The maximum absolute atomic E-state index is 12.1. The molecule has 134 valence electrons. The normalized spacial score (nSPS) is 26.1. The minimum Gasteiger partial charge on any atom is -0.444 e. The SMILES string of the molecule is CC1(C)CCCC(NCC2CCN(C(=O)OC(C)(C)C)CC2)C1. The third-order valence-electron chi connectivity index (χ3n) is 5.17. The number of ether oxygens (including phenoxy) is 1. The van der Waals surface area contributed by atoms with Crippen LogP contribution >= 0.6 is 0 Å². The van der Waals surface area contributed by atoms with Crippen LogP contribution in [0.5, 0.6) is 0 Å². The fraction of sp³-hybridized carbons (Fsp3) is 0.947. The van der Waals surface area contributed by atoms with Crippen molar-refractivity contribution in [3.8, 4) is 0 Å². The second-order valence-corrected chi connectivity index (χ2v) is 9.28. The predicted octanol–water partition coefficient (Wildman–Crippen LogP) is 4.19. The van der Waals surface area contributed by atoms with Gasteiger partial charge in [-0.25, -0.2) is 4.79 Å². The van der Waals surface area contributed by atoms with Crippen LogP contribution in [0.2, 0.25) is 0 Å². The first-order valence-corrected chi connectivity index (χ1v) is 9.36. The van der Waals surface area contributed by atoms with E-state index >= 15 is 0 Å². The summed E-state index contributed by atoms with van der Waals surface area (Å²) in [5.41, 5.74) is 0.0965. The number of nitrogens with zero attached hydrogens (tertiary/aromatic N) is 1. The largest absolute Gasteiger partial charge is 0.444 e. The summed E-state index contributed by atoms with van der Waals surface area (Å²) in [5.74, 6) is 0.693. The van der Waals surface area contributed by atoms with Crippen LogP contribution in [-0.2, 0) is 4.74 Å². The molecule has 4 heteroatoms. The molecule has 1 atom stereocenters. The smallest absolute Gasteiger partial charge is 0.410 e.